The van der Waals surface area contributed by atoms with Crippen LogP contribution in [0.2, 0.25) is 5.02 Å². The Morgan fingerprint density at radius 3 is 2.72 bits per heavy atom. The van der Waals surface area contributed by atoms with E-state index in [4.69, 9.17) is 11.6 Å². The molecule has 0 fully saturated rings. The smallest absolute Gasteiger partial charge is 0.313 e. The van der Waals surface area contributed by atoms with Crippen molar-refractivity contribution in [3.8, 4) is 0 Å². The highest BCUT2D eigenvalue weighted by Gasteiger charge is 2.14. The standard InChI is InChI=1S/C18H15ClFN3O2/c19-14-9-12(5-6-15(14)20)23-18(25)17(24)21-8-7-11-10-22-16-4-2-1-3-13(11)16/h1-6,9-10,22H,7-8H2,(H,21,24)(H,23,25). The second-order valence-corrected chi connectivity index (χ2v) is 5.86. The molecule has 0 aliphatic rings. The van der Waals surface area contributed by atoms with Crippen LogP contribution in [0.15, 0.2) is 48.7 Å². The Labute approximate surface area is 148 Å². The number of hydrogen-bond donors (Lipinski definition) is 3. The third-order valence-corrected chi connectivity index (χ3v) is 4.03. The molecule has 2 amide bonds. The normalized spacial score (nSPS) is 10.6. The Morgan fingerprint density at radius 1 is 1.12 bits per heavy atom. The Hall–Kier alpha value is -2.86. The topological polar surface area (TPSA) is 74.0 Å². The fourth-order valence-corrected chi connectivity index (χ4v) is 2.67. The van der Waals surface area contributed by atoms with Crippen LogP contribution in [0.4, 0.5) is 10.1 Å². The summed E-state index contributed by atoms with van der Waals surface area (Å²) in [5.74, 6) is -2.19. The van der Waals surface area contributed by atoms with Crippen molar-refractivity contribution in [2.45, 2.75) is 6.42 Å². The van der Waals surface area contributed by atoms with E-state index in [0.29, 0.717) is 13.0 Å². The van der Waals surface area contributed by atoms with E-state index >= 15 is 0 Å². The van der Waals surface area contributed by atoms with Gasteiger partial charge in [-0.1, -0.05) is 29.8 Å². The molecular weight excluding hydrogens is 345 g/mol. The molecule has 0 saturated heterocycles. The van der Waals surface area contributed by atoms with E-state index in [1.807, 2.05) is 30.5 Å². The zero-order valence-electron chi connectivity index (χ0n) is 13.1. The molecule has 1 heterocycles. The maximum absolute atomic E-state index is 13.1. The number of nitrogens with one attached hydrogen (secondary N) is 3. The molecule has 0 saturated carbocycles. The molecule has 3 aromatic rings. The number of para-hydroxylation sites is 1. The highest BCUT2D eigenvalue weighted by Crippen LogP contribution is 2.19. The molecule has 2 aromatic carbocycles. The van der Waals surface area contributed by atoms with Crippen LogP contribution in [0.3, 0.4) is 0 Å². The van der Waals surface area contributed by atoms with Gasteiger partial charge >= 0.3 is 11.8 Å². The molecule has 0 aliphatic carbocycles. The van der Waals surface area contributed by atoms with Crippen LogP contribution in [-0.4, -0.2) is 23.3 Å². The van der Waals surface area contributed by atoms with Crippen molar-refractivity contribution in [2.24, 2.45) is 0 Å². The van der Waals surface area contributed by atoms with Crippen LogP contribution < -0.4 is 10.6 Å². The molecular formula is C18H15ClFN3O2. The number of carbonyl (C=O) groups is 2. The highest BCUT2D eigenvalue weighted by atomic mass is 35.5. The minimum atomic E-state index is -0.832. The minimum absolute atomic E-state index is 0.127. The minimum Gasteiger partial charge on any atom is -0.361 e. The van der Waals surface area contributed by atoms with E-state index in [1.54, 1.807) is 0 Å². The summed E-state index contributed by atoms with van der Waals surface area (Å²) in [6, 6.07) is 11.5. The zero-order chi connectivity index (χ0) is 17.8. The molecule has 3 N–H and O–H groups in total. The summed E-state index contributed by atoms with van der Waals surface area (Å²) in [6.45, 7) is 0.318. The highest BCUT2D eigenvalue weighted by molar-refractivity contribution is 6.39. The van der Waals surface area contributed by atoms with Crippen LogP contribution in [0.1, 0.15) is 5.56 Å². The first-order valence-corrected chi connectivity index (χ1v) is 8.01. The molecule has 128 valence electrons. The monoisotopic (exact) mass is 359 g/mol. The van der Waals surface area contributed by atoms with Crippen molar-refractivity contribution in [1.29, 1.82) is 0 Å². The summed E-state index contributed by atoms with van der Waals surface area (Å²) in [5, 5.41) is 5.89. The Kier molecular flexibility index (Phi) is 5.00. The molecule has 1 aromatic heterocycles. The number of fused-ring (bicyclic) bond motifs is 1. The van der Waals surface area contributed by atoms with Gasteiger partial charge in [0.25, 0.3) is 0 Å². The number of aromatic nitrogens is 1. The summed E-state index contributed by atoms with van der Waals surface area (Å²) in [4.78, 5) is 26.9. The lowest BCUT2D eigenvalue weighted by atomic mass is 10.1. The molecule has 0 aliphatic heterocycles. The van der Waals surface area contributed by atoms with Crippen LogP contribution in [0.25, 0.3) is 10.9 Å². The lowest BCUT2D eigenvalue weighted by Gasteiger charge is -2.07. The summed E-state index contributed by atoms with van der Waals surface area (Å²) < 4.78 is 13.1. The number of halogens is 2. The molecule has 3 rings (SSSR count). The zero-order valence-corrected chi connectivity index (χ0v) is 13.9. The fraction of sp³-hybridized carbons (Fsp3) is 0.111. The molecule has 0 radical (unpaired) electrons. The van der Waals surface area contributed by atoms with Gasteiger partial charge in [-0.2, -0.15) is 0 Å². The van der Waals surface area contributed by atoms with E-state index < -0.39 is 17.6 Å². The number of carbonyl (C=O) groups excluding carboxylic acids is 2. The molecule has 0 unspecified atom stereocenters. The summed E-state index contributed by atoms with van der Waals surface area (Å²) in [5.41, 5.74) is 2.33. The first kappa shape index (κ1) is 17.0. The Morgan fingerprint density at radius 2 is 1.92 bits per heavy atom. The van der Waals surface area contributed by atoms with Gasteiger partial charge in [0.2, 0.25) is 0 Å². The number of benzene rings is 2. The van der Waals surface area contributed by atoms with Crippen molar-refractivity contribution in [1.82, 2.24) is 10.3 Å². The average Bonchev–Trinajstić information content (AvgIpc) is 3.01. The fourth-order valence-electron chi connectivity index (χ4n) is 2.49. The molecule has 0 spiro atoms. The van der Waals surface area contributed by atoms with Crippen LogP contribution >= 0.6 is 11.6 Å². The van der Waals surface area contributed by atoms with Crippen LogP contribution in [0.5, 0.6) is 0 Å². The lowest BCUT2D eigenvalue weighted by Crippen LogP contribution is -2.36. The predicted molar refractivity (Wildman–Crippen MR) is 95.1 cm³/mol. The van der Waals surface area contributed by atoms with Gasteiger partial charge in [-0.05, 0) is 36.2 Å². The first-order chi connectivity index (χ1) is 12.0. The Bertz CT molecular complexity index is 939. The van der Waals surface area contributed by atoms with Gasteiger partial charge in [0.1, 0.15) is 5.82 Å². The number of rotatable bonds is 4. The van der Waals surface area contributed by atoms with Gasteiger partial charge in [-0.25, -0.2) is 4.39 Å². The van der Waals surface area contributed by atoms with Crippen molar-refractivity contribution >= 4 is 40.0 Å². The van der Waals surface area contributed by atoms with Gasteiger partial charge in [0.15, 0.2) is 0 Å². The Balaban J connectivity index is 1.53. The maximum atomic E-state index is 13.1. The predicted octanol–water partition coefficient (Wildman–Crippen LogP) is 3.26. The van der Waals surface area contributed by atoms with Gasteiger partial charge in [-0.3, -0.25) is 9.59 Å². The molecule has 0 bridgehead atoms. The quantitative estimate of drug-likeness (QED) is 0.625. The SMILES string of the molecule is O=C(NCCc1c[nH]c2ccccc12)C(=O)Nc1ccc(F)c(Cl)c1. The summed E-state index contributed by atoms with van der Waals surface area (Å²) in [6.07, 6.45) is 2.48. The van der Waals surface area contributed by atoms with Crippen LogP contribution in [-0.2, 0) is 16.0 Å². The van der Waals surface area contributed by atoms with Crippen molar-refractivity contribution < 1.29 is 14.0 Å². The third kappa shape index (κ3) is 3.97. The third-order valence-electron chi connectivity index (χ3n) is 3.74. The summed E-state index contributed by atoms with van der Waals surface area (Å²) >= 11 is 5.64. The number of hydrogen-bond acceptors (Lipinski definition) is 2. The van der Waals surface area contributed by atoms with Gasteiger partial charge in [0.05, 0.1) is 5.02 Å². The van der Waals surface area contributed by atoms with E-state index in [0.717, 1.165) is 22.5 Å². The van der Waals surface area contributed by atoms with Crippen LogP contribution in [0, 0.1) is 5.82 Å². The lowest BCUT2D eigenvalue weighted by molar-refractivity contribution is -0.136. The van der Waals surface area contributed by atoms with E-state index in [9.17, 15) is 14.0 Å². The average molecular weight is 360 g/mol. The number of amides is 2. The number of aromatic amines is 1. The first-order valence-electron chi connectivity index (χ1n) is 7.64. The van der Waals surface area contributed by atoms with E-state index in [1.165, 1.54) is 12.1 Å². The van der Waals surface area contributed by atoms with Crippen molar-refractivity contribution in [3.63, 3.8) is 0 Å². The summed E-state index contributed by atoms with van der Waals surface area (Å²) in [7, 11) is 0. The van der Waals surface area contributed by atoms with Crippen molar-refractivity contribution in [2.75, 3.05) is 11.9 Å². The van der Waals surface area contributed by atoms with Crippen molar-refractivity contribution in [3.05, 3.63) is 65.1 Å². The molecule has 5 nitrogen and oxygen atoms in total. The number of anilines is 1. The molecule has 0 atom stereocenters. The molecule has 25 heavy (non-hydrogen) atoms. The second-order valence-electron chi connectivity index (χ2n) is 5.45. The number of H-pyrrole nitrogens is 1. The van der Waals surface area contributed by atoms with E-state index in [-0.39, 0.29) is 10.7 Å². The van der Waals surface area contributed by atoms with Gasteiger partial charge in [0, 0.05) is 29.3 Å². The molecule has 7 heteroatoms. The van der Waals surface area contributed by atoms with Gasteiger partial charge in [-0.15, -0.1) is 0 Å². The second kappa shape index (κ2) is 7.36. The largest absolute Gasteiger partial charge is 0.361 e. The maximum Gasteiger partial charge on any atom is 0.313 e. The van der Waals surface area contributed by atoms with Gasteiger partial charge < -0.3 is 15.6 Å². The van der Waals surface area contributed by atoms with E-state index in [2.05, 4.69) is 15.6 Å².